The second kappa shape index (κ2) is 5.64. The van der Waals surface area contributed by atoms with E-state index in [4.69, 9.17) is 0 Å². The molecule has 1 aromatic heterocycles. The summed E-state index contributed by atoms with van der Waals surface area (Å²) in [4.78, 5) is 14.7. The van der Waals surface area contributed by atoms with Gasteiger partial charge >= 0.3 is 0 Å². The fraction of sp³-hybridized carbons (Fsp3) is 0.214. The minimum atomic E-state index is 0.113. The summed E-state index contributed by atoms with van der Waals surface area (Å²) in [6.45, 7) is 2.99. The van der Waals surface area contributed by atoms with Gasteiger partial charge in [-0.25, -0.2) is 0 Å². The van der Waals surface area contributed by atoms with Gasteiger partial charge in [-0.3, -0.25) is 4.79 Å². The topological polar surface area (TPSA) is 20.3 Å². The fourth-order valence-electron chi connectivity index (χ4n) is 1.67. The number of carbonyl (C=O) groups excluding carboxylic acids is 1. The van der Waals surface area contributed by atoms with Gasteiger partial charge in [0.25, 0.3) is 0 Å². The molecule has 1 amide bonds. The van der Waals surface area contributed by atoms with Crippen LogP contribution < -0.4 is 0 Å². The van der Waals surface area contributed by atoms with Crippen molar-refractivity contribution >= 4 is 17.2 Å². The molecule has 3 heteroatoms. The smallest absolute Gasteiger partial charge is 0.220 e. The Morgan fingerprint density at radius 2 is 1.88 bits per heavy atom. The quantitative estimate of drug-likeness (QED) is 0.809. The third-order valence-corrected chi connectivity index (χ3v) is 3.45. The molecular weight excluding hydrogens is 230 g/mol. The van der Waals surface area contributed by atoms with Crippen molar-refractivity contribution in [2.24, 2.45) is 0 Å². The lowest BCUT2D eigenvalue weighted by molar-refractivity contribution is -0.130. The molecule has 0 saturated carbocycles. The molecule has 2 nitrogen and oxygen atoms in total. The van der Waals surface area contributed by atoms with Gasteiger partial charge in [-0.05, 0) is 17.0 Å². The number of nitrogens with zero attached hydrogens (tertiary/aromatic N) is 1. The van der Waals surface area contributed by atoms with Crippen LogP contribution in [0.2, 0.25) is 0 Å². The molecule has 88 valence electrons. The molecule has 1 aromatic carbocycles. The predicted octanol–water partition coefficient (Wildman–Crippen LogP) is 3.30. The monoisotopic (exact) mass is 245 g/mol. The average Bonchev–Trinajstić information content (AvgIpc) is 2.82. The van der Waals surface area contributed by atoms with Crippen LogP contribution in [0.15, 0.2) is 47.8 Å². The first-order valence-corrected chi connectivity index (χ1v) is 6.45. The van der Waals surface area contributed by atoms with Gasteiger partial charge in [0.15, 0.2) is 0 Å². The van der Waals surface area contributed by atoms with Gasteiger partial charge < -0.3 is 4.90 Å². The van der Waals surface area contributed by atoms with Crippen LogP contribution in [0, 0.1) is 0 Å². The lowest BCUT2D eigenvalue weighted by Crippen LogP contribution is -2.27. The average molecular weight is 245 g/mol. The molecule has 0 spiro atoms. The number of amides is 1. The molecule has 0 aliphatic rings. The highest BCUT2D eigenvalue weighted by atomic mass is 32.1. The van der Waals surface area contributed by atoms with Gasteiger partial charge in [0.2, 0.25) is 5.91 Å². The summed E-state index contributed by atoms with van der Waals surface area (Å²) in [7, 11) is 0. The molecule has 0 atom stereocenters. The lowest BCUT2D eigenvalue weighted by Gasteiger charge is -2.20. The molecule has 0 unspecified atom stereocenters. The van der Waals surface area contributed by atoms with Crippen molar-refractivity contribution in [1.29, 1.82) is 0 Å². The Kier molecular flexibility index (Phi) is 3.94. The van der Waals surface area contributed by atoms with E-state index in [1.807, 2.05) is 46.7 Å². The van der Waals surface area contributed by atoms with Gasteiger partial charge in [-0.15, -0.1) is 11.3 Å². The van der Waals surface area contributed by atoms with E-state index in [-0.39, 0.29) is 5.91 Å². The van der Waals surface area contributed by atoms with Crippen LogP contribution in [-0.2, 0) is 17.9 Å². The number of rotatable bonds is 4. The molecular formula is C14H15NOS. The first-order chi connectivity index (χ1) is 8.25. The maximum Gasteiger partial charge on any atom is 0.220 e. The van der Waals surface area contributed by atoms with Gasteiger partial charge in [0.1, 0.15) is 0 Å². The summed E-state index contributed by atoms with van der Waals surface area (Å²) in [6, 6.07) is 14.2. The molecule has 0 bridgehead atoms. The van der Waals surface area contributed by atoms with Crippen LogP contribution in [-0.4, -0.2) is 10.8 Å². The molecule has 2 aromatic rings. The minimum absolute atomic E-state index is 0.113. The summed E-state index contributed by atoms with van der Waals surface area (Å²) < 4.78 is 0. The van der Waals surface area contributed by atoms with E-state index in [0.717, 1.165) is 0 Å². The van der Waals surface area contributed by atoms with Crippen LogP contribution in [0.5, 0.6) is 0 Å². The number of thiophene rings is 1. The number of carbonyl (C=O) groups is 1. The Hall–Kier alpha value is -1.61. The first-order valence-electron chi connectivity index (χ1n) is 5.57. The van der Waals surface area contributed by atoms with Crippen LogP contribution in [0.25, 0.3) is 0 Å². The third-order valence-electron chi connectivity index (χ3n) is 2.59. The number of hydrogen-bond donors (Lipinski definition) is 0. The summed E-state index contributed by atoms with van der Waals surface area (Å²) in [5.74, 6) is 0.113. The zero-order chi connectivity index (χ0) is 12.1. The third kappa shape index (κ3) is 3.43. The van der Waals surface area contributed by atoms with Gasteiger partial charge in [0, 0.05) is 18.3 Å². The maximum atomic E-state index is 11.6. The SMILES string of the molecule is CC(=O)N(Cc1ccccc1)Cc1cccs1. The minimum Gasteiger partial charge on any atom is -0.333 e. The summed E-state index contributed by atoms with van der Waals surface area (Å²) in [6.07, 6.45) is 0. The molecule has 0 aliphatic carbocycles. The van der Waals surface area contributed by atoms with Gasteiger partial charge in [-0.1, -0.05) is 36.4 Å². The van der Waals surface area contributed by atoms with E-state index in [1.54, 1.807) is 18.3 Å². The van der Waals surface area contributed by atoms with E-state index in [2.05, 4.69) is 6.07 Å². The largest absolute Gasteiger partial charge is 0.333 e. The van der Waals surface area contributed by atoms with Crippen molar-refractivity contribution < 1.29 is 4.79 Å². The maximum absolute atomic E-state index is 11.6. The molecule has 17 heavy (non-hydrogen) atoms. The lowest BCUT2D eigenvalue weighted by atomic mass is 10.2. The highest BCUT2D eigenvalue weighted by molar-refractivity contribution is 7.09. The normalized spacial score (nSPS) is 10.2. The van der Waals surface area contributed by atoms with E-state index in [9.17, 15) is 4.79 Å². The molecule has 0 radical (unpaired) electrons. The predicted molar refractivity (Wildman–Crippen MR) is 70.7 cm³/mol. The second-order valence-corrected chi connectivity index (χ2v) is 4.97. The highest BCUT2D eigenvalue weighted by Crippen LogP contribution is 2.14. The van der Waals surface area contributed by atoms with E-state index in [0.29, 0.717) is 13.1 Å². The molecule has 2 rings (SSSR count). The van der Waals surface area contributed by atoms with Crippen molar-refractivity contribution in [3.8, 4) is 0 Å². The van der Waals surface area contributed by atoms with Crippen LogP contribution in [0.4, 0.5) is 0 Å². The second-order valence-electron chi connectivity index (χ2n) is 3.94. The summed E-state index contributed by atoms with van der Waals surface area (Å²) in [5.41, 5.74) is 1.17. The summed E-state index contributed by atoms with van der Waals surface area (Å²) in [5, 5.41) is 2.04. The van der Waals surface area contributed by atoms with Gasteiger partial charge in [-0.2, -0.15) is 0 Å². The Labute approximate surface area is 106 Å². The molecule has 0 aliphatic heterocycles. The standard InChI is InChI=1S/C14H15NOS/c1-12(16)15(11-14-8-5-9-17-14)10-13-6-3-2-4-7-13/h2-9H,10-11H2,1H3. The molecule has 1 heterocycles. The fourth-order valence-corrected chi connectivity index (χ4v) is 2.39. The molecule has 0 saturated heterocycles. The van der Waals surface area contributed by atoms with E-state index >= 15 is 0 Å². The van der Waals surface area contributed by atoms with Crippen molar-refractivity contribution in [2.45, 2.75) is 20.0 Å². The number of benzene rings is 1. The Morgan fingerprint density at radius 3 is 2.47 bits per heavy atom. The van der Waals surface area contributed by atoms with Crippen LogP contribution in [0.3, 0.4) is 0 Å². The number of hydrogen-bond acceptors (Lipinski definition) is 2. The zero-order valence-electron chi connectivity index (χ0n) is 9.80. The van der Waals surface area contributed by atoms with Crippen molar-refractivity contribution in [1.82, 2.24) is 4.90 Å². The zero-order valence-corrected chi connectivity index (χ0v) is 10.6. The first kappa shape index (κ1) is 11.9. The Balaban J connectivity index is 2.06. The molecule has 0 fully saturated rings. The molecule has 0 N–H and O–H groups in total. The van der Waals surface area contributed by atoms with Crippen molar-refractivity contribution in [3.05, 3.63) is 58.3 Å². The van der Waals surface area contributed by atoms with E-state index in [1.165, 1.54) is 10.4 Å². The highest BCUT2D eigenvalue weighted by Gasteiger charge is 2.10. The van der Waals surface area contributed by atoms with Crippen LogP contribution in [0.1, 0.15) is 17.4 Å². The van der Waals surface area contributed by atoms with Crippen LogP contribution >= 0.6 is 11.3 Å². The summed E-state index contributed by atoms with van der Waals surface area (Å²) >= 11 is 1.69. The Morgan fingerprint density at radius 1 is 1.12 bits per heavy atom. The van der Waals surface area contributed by atoms with E-state index < -0.39 is 0 Å². The van der Waals surface area contributed by atoms with Crippen molar-refractivity contribution in [2.75, 3.05) is 0 Å². The van der Waals surface area contributed by atoms with Crippen molar-refractivity contribution in [3.63, 3.8) is 0 Å². The Bertz CT molecular complexity index is 464. The van der Waals surface area contributed by atoms with Gasteiger partial charge in [0.05, 0.1) is 6.54 Å².